The van der Waals surface area contributed by atoms with Crippen molar-refractivity contribution in [1.82, 2.24) is 4.98 Å². The summed E-state index contributed by atoms with van der Waals surface area (Å²) in [7, 11) is 3.13. The summed E-state index contributed by atoms with van der Waals surface area (Å²) in [4.78, 5) is 4.47. The zero-order valence-electron chi connectivity index (χ0n) is 14.6. The van der Waals surface area contributed by atoms with Crippen molar-refractivity contribution in [2.75, 3.05) is 19.6 Å². The average Bonchev–Trinajstić information content (AvgIpc) is 3.11. The molecule has 0 aliphatic heterocycles. The Balaban J connectivity index is 1.93. The molecular weight excluding hydrogens is 348 g/mol. The highest BCUT2D eigenvalue weighted by Gasteiger charge is 2.12. The molecule has 0 saturated carbocycles. The minimum Gasteiger partial charge on any atom is -0.493 e. The van der Waals surface area contributed by atoms with E-state index in [1.54, 1.807) is 50.6 Å². The molecule has 0 amide bonds. The van der Waals surface area contributed by atoms with E-state index < -0.39 is 5.84 Å². The van der Waals surface area contributed by atoms with Crippen LogP contribution in [0, 0.1) is 16.7 Å². The predicted octanol–water partition coefficient (Wildman–Crippen LogP) is 2.74. The van der Waals surface area contributed by atoms with Gasteiger partial charge < -0.3 is 19.6 Å². The number of nitrogens with zero attached hydrogens (tertiary/aromatic N) is 3. The highest BCUT2D eigenvalue weighted by atomic mass is 16.5. The summed E-state index contributed by atoms with van der Waals surface area (Å²) < 4.78 is 16.3. The highest BCUT2D eigenvalue weighted by Crippen LogP contribution is 2.33. The van der Waals surface area contributed by atoms with E-state index in [2.05, 4.69) is 15.5 Å². The molecule has 0 aliphatic rings. The van der Waals surface area contributed by atoms with Crippen LogP contribution in [0.5, 0.6) is 11.5 Å². The first kappa shape index (κ1) is 17.8. The normalized spacial score (nSPS) is 11.1. The smallest absolute Gasteiger partial charge is 0.227 e. The van der Waals surface area contributed by atoms with Crippen molar-refractivity contribution in [3.63, 3.8) is 0 Å². The van der Waals surface area contributed by atoms with Crippen molar-refractivity contribution >= 4 is 28.3 Å². The van der Waals surface area contributed by atoms with Gasteiger partial charge in [-0.1, -0.05) is 0 Å². The lowest BCUT2D eigenvalue weighted by Crippen LogP contribution is -2.21. The van der Waals surface area contributed by atoms with E-state index in [1.165, 1.54) is 0 Å². The van der Waals surface area contributed by atoms with E-state index in [0.717, 1.165) is 5.56 Å². The lowest BCUT2D eigenvalue weighted by atomic mass is 10.2. The van der Waals surface area contributed by atoms with Crippen LogP contribution in [0.15, 0.2) is 45.9 Å². The second kappa shape index (κ2) is 7.45. The number of nitrogens with two attached hydrogens (primary N) is 1. The molecule has 0 bridgehead atoms. The number of hydrogen-bond donors (Lipinski definition) is 3. The quantitative estimate of drug-likeness (QED) is 0.347. The second-order valence-corrected chi connectivity index (χ2v) is 5.37. The second-order valence-electron chi connectivity index (χ2n) is 5.37. The number of anilines is 1. The van der Waals surface area contributed by atoms with Gasteiger partial charge in [-0.3, -0.25) is 10.8 Å². The summed E-state index contributed by atoms with van der Waals surface area (Å²) >= 11 is 0. The lowest BCUT2D eigenvalue weighted by Gasteiger charge is -2.07. The van der Waals surface area contributed by atoms with Crippen LogP contribution < -0.4 is 20.6 Å². The van der Waals surface area contributed by atoms with Gasteiger partial charge in [0.05, 0.1) is 19.9 Å². The zero-order chi connectivity index (χ0) is 19.4. The van der Waals surface area contributed by atoms with Gasteiger partial charge in [0, 0.05) is 5.56 Å². The molecule has 0 aliphatic carbocycles. The molecule has 0 saturated heterocycles. The Labute approximate surface area is 154 Å². The first-order chi connectivity index (χ1) is 13.0. The van der Waals surface area contributed by atoms with Gasteiger partial charge in [0.2, 0.25) is 11.6 Å². The van der Waals surface area contributed by atoms with E-state index >= 15 is 0 Å². The van der Waals surface area contributed by atoms with Crippen molar-refractivity contribution in [3.8, 4) is 29.0 Å². The van der Waals surface area contributed by atoms with Crippen LogP contribution in [-0.4, -0.2) is 30.8 Å². The number of rotatable bonds is 6. The van der Waals surface area contributed by atoms with Crippen LogP contribution in [0.2, 0.25) is 0 Å². The lowest BCUT2D eigenvalue weighted by molar-refractivity contribution is 0.355. The molecule has 2 aromatic carbocycles. The first-order valence-corrected chi connectivity index (χ1v) is 7.77. The van der Waals surface area contributed by atoms with Crippen LogP contribution in [0.25, 0.3) is 22.6 Å². The van der Waals surface area contributed by atoms with E-state index in [4.69, 9.17) is 30.3 Å². The van der Waals surface area contributed by atoms with Crippen LogP contribution in [0.4, 0.5) is 5.69 Å². The fourth-order valence-corrected chi connectivity index (χ4v) is 2.36. The summed E-state index contributed by atoms with van der Waals surface area (Å²) in [5, 5.41) is 19.9. The maximum Gasteiger partial charge on any atom is 0.227 e. The number of nitrogens with one attached hydrogen (secondary N) is 2. The molecule has 27 heavy (non-hydrogen) atoms. The maximum atomic E-state index is 8.87. The molecule has 3 rings (SSSR count). The summed E-state index contributed by atoms with van der Waals surface area (Å²) in [5.74, 6) is 1.19. The minimum atomic E-state index is -0.414. The number of oxazole rings is 1. The summed E-state index contributed by atoms with van der Waals surface area (Å²) in [6.07, 6.45) is 0. The van der Waals surface area contributed by atoms with E-state index in [0.29, 0.717) is 34.2 Å². The molecule has 1 aromatic heterocycles. The molecule has 0 unspecified atom stereocenters. The van der Waals surface area contributed by atoms with Gasteiger partial charge in [0.25, 0.3) is 0 Å². The van der Waals surface area contributed by atoms with Gasteiger partial charge in [-0.05, 0) is 36.4 Å². The van der Waals surface area contributed by atoms with Crippen LogP contribution in [0.3, 0.4) is 0 Å². The number of benzene rings is 2. The van der Waals surface area contributed by atoms with Crippen molar-refractivity contribution in [1.29, 1.82) is 10.7 Å². The molecule has 3 aromatic rings. The topological polar surface area (TPSA) is 143 Å². The van der Waals surface area contributed by atoms with E-state index in [-0.39, 0.29) is 5.71 Å². The number of nitriles is 1. The van der Waals surface area contributed by atoms with Crippen molar-refractivity contribution in [2.45, 2.75) is 0 Å². The highest BCUT2D eigenvalue weighted by molar-refractivity contribution is 6.45. The third kappa shape index (κ3) is 3.64. The number of amidine groups is 1. The molecular formula is C18H16N6O3. The monoisotopic (exact) mass is 364 g/mol. The summed E-state index contributed by atoms with van der Waals surface area (Å²) in [5.41, 5.74) is 10.2. The Hall–Kier alpha value is -4.06. The number of methoxy groups -OCH3 is 2. The Bertz CT molecular complexity index is 1080. The number of ether oxygens (including phenoxy) is 2. The molecule has 0 fully saturated rings. The number of fused-ring (bicyclic) bond motifs is 1. The number of aromatic nitrogens is 1. The van der Waals surface area contributed by atoms with Crippen molar-refractivity contribution in [2.24, 2.45) is 10.8 Å². The molecule has 0 radical (unpaired) electrons. The Morgan fingerprint density at radius 3 is 2.67 bits per heavy atom. The average molecular weight is 364 g/mol. The largest absolute Gasteiger partial charge is 0.493 e. The fourth-order valence-electron chi connectivity index (χ4n) is 2.36. The van der Waals surface area contributed by atoms with Crippen molar-refractivity contribution < 1.29 is 13.9 Å². The molecule has 136 valence electrons. The van der Waals surface area contributed by atoms with Gasteiger partial charge >= 0.3 is 0 Å². The van der Waals surface area contributed by atoms with Gasteiger partial charge in [-0.15, -0.1) is 0 Å². The zero-order valence-corrected chi connectivity index (χ0v) is 14.6. The number of hydrazone groups is 1. The van der Waals surface area contributed by atoms with Crippen LogP contribution >= 0.6 is 0 Å². The van der Waals surface area contributed by atoms with Gasteiger partial charge in [-0.2, -0.15) is 10.4 Å². The molecule has 0 spiro atoms. The maximum absolute atomic E-state index is 8.87. The molecule has 9 nitrogen and oxygen atoms in total. The van der Waals surface area contributed by atoms with Gasteiger partial charge in [0.1, 0.15) is 11.6 Å². The SMILES string of the molecule is COc1ccc(-c2nc3cc(N/N=C(\C#N)C(=N)N)ccc3o2)cc1OC. The predicted molar refractivity (Wildman–Crippen MR) is 101 cm³/mol. The standard InChI is InChI=1S/C18H16N6O3/c1-25-15-5-3-10(7-16(15)26-2)18-22-12-8-11(4-6-14(12)27-18)23-24-13(9-19)17(20)21/h3-8,23H,1-2H3,(H3,20,21)/b24-13+. The summed E-state index contributed by atoms with van der Waals surface area (Å²) in [6, 6.07) is 12.3. The van der Waals surface area contributed by atoms with E-state index in [1.807, 2.05) is 6.07 Å². The molecule has 4 N–H and O–H groups in total. The Kier molecular flexibility index (Phi) is 4.90. The van der Waals surface area contributed by atoms with E-state index in [9.17, 15) is 0 Å². The fraction of sp³-hybridized carbons (Fsp3) is 0.111. The van der Waals surface area contributed by atoms with Gasteiger partial charge in [0.15, 0.2) is 22.9 Å². The Morgan fingerprint density at radius 2 is 2.00 bits per heavy atom. The third-order valence-electron chi connectivity index (χ3n) is 3.68. The molecule has 1 heterocycles. The Morgan fingerprint density at radius 1 is 1.22 bits per heavy atom. The summed E-state index contributed by atoms with van der Waals surface area (Å²) in [6.45, 7) is 0. The van der Waals surface area contributed by atoms with Crippen molar-refractivity contribution in [3.05, 3.63) is 36.4 Å². The first-order valence-electron chi connectivity index (χ1n) is 7.77. The third-order valence-corrected chi connectivity index (χ3v) is 3.68. The number of hydrogen-bond acceptors (Lipinski definition) is 8. The minimum absolute atomic E-state index is 0.207. The van der Waals surface area contributed by atoms with Gasteiger partial charge in [-0.25, -0.2) is 4.98 Å². The van der Waals surface area contributed by atoms with Crippen LogP contribution in [-0.2, 0) is 0 Å². The van der Waals surface area contributed by atoms with Crippen LogP contribution in [0.1, 0.15) is 0 Å². The molecule has 0 atom stereocenters. The molecule has 9 heteroatoms.